The highest BCUT2D eigenvalue weighted by molar-refractivity contribution is 14.0. The lowest BCUT2D eigenvalue weighted by atomic mass is 10.2. The number of aromatic nitrogens is 1. The number of halogens is 1. The van der Waals surface area contributed by atoms with Gasteiger partial charge in [0.1, 0.15) is 5.01 Å². The van der Waals surface area contributed by atoms with Crippen molar-refractivity contribution in [2.75, 3.05) is 26.2 Å². The molecule has 2 N–H and O–H groups in total. The quantitative estimate of drug-likeness (QED) is 0.286. The number of nitrogens with zero attached hydrogens (tertiary/aromatic N) is 3. The van der Waals surface area contributed by atoms with Crippen molar-refractivity contribution in [3.63, 3.8) is 0 Å². The van der Waals surface area contributed by atoms with Crippen LogP contribution < -0.4 is 10.6 Å². The standard InChI is InChI=1S/C18H35N5S.HI/c1-6-16-13-20-17(24-16)14-21-18(19-7-2)22-15(5)11-10-12-23(8-3)9-4;/h13,15H,6-12,14H2,1-5H3,(H2,19,21,22);1H. The zero-order valence-electron chi connectivity index (χ0n) is 16.5. The molecule has 0 aliphatic heterocycles. The van der Waals surface area contributed by atoms with Gasteiger partial charge in [-0.05, 0) is 52.7 Å². The Morgan fingerprint density at radius 1 is 1.28 bits per heavy atom. The molecule has 0 spiro atoms. The SMILES string of the molecule is CCNC(=NCc1ncc(CC)s1)NC(C)CCCN(CC)CC.I. The van der Waals surface area contributed by atoms with E-state index in [1.807, 2.05) is 6.20 Å². The van der Waals surface area contributed by atoms with E-state index in [-0.39, 0.29) is 24.0 Å². The second-order valence-electron chi connectivity index (χ2n) is 5.98. The lowest BCUT2D eigenvalue weighted by molar-refractivity contribution is 0.292. The van der Waals surface area contributed by atoms with Crippen LogP contribution in [0.1, 0.15) is 57.3 Å². The highest BCUT2D eigenvalue weighted by Crippen LogP contribution is 2.14. The van der Waals surface area contributed by atoms with Gasteiger partial charge < -0.3 is 15.5 Å². The molecule has 1 rings (SSSR count). The molecule has 0 aliphatic rings. The zero-order valence-corrected chi connectivity index (χ0v) is 19.6. The van der Waals surface area contributed by atoms with Crippen LogP contribution in [0.4, 0.5) is 0 Å². The zero-order chi connectivity index (χ0) is 17.8. The lowest BCUT2D eigenvalue weighted by Gasteiger charge is -2.21. The maximum Gasteiger partial charge on any atom is 0.191 e. The first-order valence-corrected chi connectivity index (χ1v) is 10.1. The second kappa shape index (κ2) is 14.7. The minimum Gasteiger partial charge on any atom is -0.357 e. The molecule has 0 fully saturated rings. The summed E-state index contributed by atoms with van der Waals surface area (Å²) in [5.74, 6) is 0.890. The summed E-state index contributed by atoms with van der Waals surface area (Å²) in [7, 11) is 0. The van der Waals surface area contributed by atoms with Crippen molar-refractivity contribution in [1.29, 1.82) is 0 Å². The highest BCUT2D eigenvalue weighted by Gasteiger charge is 2.07. The Bertz CT molecular complexity index is 474. The molecule has 7 heteroatoms. The maximum absolute atomic E-state index is 4.68. The molecule has 1 atom stereocenters. The average molecular weight is 481 g/mol. The van der Waals surface area contributed by atoms with Gasteiger partial charge in [0, 0.05) is 23.7 Å². The van der Waals surface area contributed by atoms with Crippen LogP contribution >= 0.6 is 35.3 Å². The van der Waals surface area contributed by atoms with Gasteiger partial charge in [-0.25, -0.2) is 9.98 Å². The molecule has 1 unspecified atom stereocenters. The van der Waals surface area contributed by atoms with E-state index >= 15 is 0 Å². The summed E-state index contributed by atoms with van der Waals surface area (Å²) < 4.78 is 0. The van der Waals surface area contributed by atoms with Crippen LogP contribution in [-0.2, 0) is 13.0 Å². The minimum absolute atomic E-state index is 0. The monoisotopic (exact) mass is 481 g/mol. The van der Waals surface area contributed by atoms with E-state index in [4.69, 9.17) is 0 Å². The number of thiazole rings is 1. The van der Waals surface area contributed by atoms with Gasteiger partial charge in [0.2, 0.25) is 0 Å². The number of aliphatic imine (C=N–C) groups is 1. The van der Waals surface area contributed by atoms with Crippen molar-refractivity contribution < 1.29 is 0 Å². The maximum atomic E-state index is 4.68. The summed E-state index contributed by atoms with van der Waals surface area (Å²) in [6.07, 6.45) is 5.37. The Morgan fingerprint density at radius 3 is 2.56 bits per heavy atom. The van der Waals surface area contributed by atoms with Crippen molar-refractivity contribution in [2.24, 2.45) is 4.99 Å². The van der Waals surface area contributed by atoms with Crippen LogP contribution in [0.3, 0.4) is 0 Å². The van der Waals surface area contributed by atoms with Gasteiger partial charge in [-0.3, -0.25) is 0 Å². The van der Waals surface area contributed by atoms with E-state index in [0.29, 0.717) is 12.6 Å². The normalized spacial score (nSPS) is 12.8. The summed E-state index contributed by atoms with van der Waals surface area (Å²) in [6, 6.07) is 0.417. The fourth-order valence-corrected chi connectivity index (χ4v) is 3.30. The highest BCUT2D eigenvalue weighted by atomic mass is 127. The van der Waals surface area contributed by atoms with E-state index in [2.05, 4.69) is 60.1 Å². The lowest BCUT2D eigenvalue weighted by Crippen LogP contribution is -2.42. The fourth-order valence-electron chi connectivity index (χ4n) is 2.52. The van der Waals surface area contributed by atoms with Crippen LogP contribution in [0.25, 0.3) is 0 Å². The van der Waals surface area contributed by atoms with E-state index in [1.165, 1.54) is 17.8 Å². The van der Waals surface area contributed by atoms with E-state index in [1.54, 1.807) is 11.3 Å². The number of guanidine groups is 1. The van der Waals surface area contributed by atoms with E-state index < -0.39 is 0 Å². The Hall–Kier alpha value is -0.410. The molecule has 1 heterocycles. The van der Waals surface area contributed by atoms with E-state index in [9.17, 15) is 0 Å². The summed E-state index contributed by atoms with van der Waals surface area (Å²) in [4.78, 5) is 12.9. The molecule has 0 aromatic carbocycles. The van der Waals surface area contributed by atoms with Gasteiger partial charge in [-0.2, -0.15) is 0 Å². The van der Waals surface area contributed by atoms with Crippen LogP contribution in [0.15, 0.2) is 11.2 Å². The number of nitrogens with one attached hydrogen (secondary N) is 2. The molecular formula is C18H36IN5S. The Morgan fingerprint density at radius 2 is 2.00 bits per heavy atom. The Kier molecular flexibility index (Phi) is 14.5. The first-order chi connectivity index (χ1) is 11.6. The number of hydrogen-bond acceptors (Lipinski definition) is 4. The molecule has 0 radical (unpaired) electrons. The fraction of sp³-hybridized carbons (Fsp3) is 0.778. The predicted molar refractivity (Wildman–Crippen MR) is 121 cm³/mol. The van der Waals surface area contributed by atoms with Crippen molar-refractivity contribution in [3.05, 3.63) is 16.1 Å². The average Bonchev–Trinajstić information content (AvgIpc) is 3.05. The molecule has 5 nitrogen and oxygen atoms in total. The molecule has 0 saturated heterocycles. The van der Waals surface area contributed by atoms with Crippen molar-refractivity contribution in [2.45, 2.75) is 66.5 Å². The van der Waals surface area contributed by atoms with Crippen molar-refractivity contribution >= 4 is 41.3 Å². The van der Waals surface area contributed by atoms with Gasteiger partial charge >= 0.3 is 0 Å². The molecule has 0 aliphatic carbocycles. The van der Waals surface area contributed by atoms with Crippen LogP contribution in [0.2, 0.25) is 0 Å². The first-order valence-electron chi connectivity index (χ1n) is 9.33. The number of aryl methyl sites for hydroxylation is 1. The third-order valence-corrected chi connectivity index (χ3v) is 5.18. The molecular weight excluding hydrogens is 445 g/mol. The molecule has 1 aromatic heterocycles. The second-order valence-corrected chi connectivity index (χ2v) is 7.18. The van der Waals surface area contributed by atoms with Gasteiger partial charge in [0.05, 0.1) is 6.54 Å². The largest absolute Gasteiger partial charge is 0.357 e. The van der Waals surface area contributed by atoms with Crippen molar-refractivity contribution in [1.82, 2.24) is 20.5 Å². The van der Waals surface area contributed by atoms with Crippen LogP contribution in [-0.4, -0.2) is 48.1 Å². The molecule has 0 amide bonds. The van der Waals surface area contributed by atoms with E-state index in [0.717, 1.165) is 43.4 Å². The predicted octanol–water partition coefficient (Wildman–Crippen LogP) is 3.89. The molecule has 0 bridgehead atoms. The topological polar surface area (TPSA) is 52.6 Å². The first kappa shape index (κ1) is 24.6. The van der Waals surface area contributed by atoms with Gasteiger partial charge in [-0.1, -0.05) is 20.8 Å². The third kappa shape index (κ3) is 10.4. The molecule has 0 saturated carbocycles. The molecule has 25 heavy (non-hydrogen) atoms. The number of rotatable bonds is 11. The van der Waals surface area contributed by atoms with Gasteiger partial charge in [-0.15, -0.1) is 35.3 Å². The minimum atomic E-state index is 0. The summed E-state index contributed by atoms with van der Waals surface area (Å²) in [6.45, 7) is 15.9. The Balaban J connectivity index is 0.00000576. The van der Waals surface area contributed by atoms with Crippen molar-refractivity contribution in [3.8, 4) is 0 Å². The summed E-state index contributed by atoms with van der Waals surface area (Å²) in [5, 5.41) is 7.93. The summed E-state index contributed by atoms with van der Waals surface area (Å²) in [5.41, 5.74) is 0. The van der Waals surface area contributed by atoms with Gasteiger partial charge in [0.15, 0.2) is 5.96 Å². The Labute approximate surface area is 175 Å². The molecule has 1 aromatic rings. The van der Waals surface area contributed by atoms with Crippen LogP contribution in [0.5, 0.6) is 0 Å². The number of hydrogen-bond donors (Lipinski definition) is 2. The van der Waals surface area contributed by atoms with Crippen LogP contribution in [0, 0.1) is 0 Å². The van der Waals surface area contributed by atoms with Gasteiger partial charge in [0.25, 0.3) is 0 Å². The summed E-state index contributed by atoms with van der Waals surface area (Å²) >= 11 is 1.75. The smallest absolute Gasteiger partial charge is 0.191 e. The third-order valence-electron chi connectivity index (χ3n) is 4.06. The molecule has 146 valence electrons.